The zero-order valence-electron chi connectivity index (χ0n) is 13.8. The molecular weight excluding hydrogens is 274 g/mol. The van der Waals surface area contributed by atoms with Crippen molar-refractivity contribution >= 4 is 5.91 Å². The molecule has 1 fully saturated rings. The van der Waals surface area contributed by atoms with Gasteiger partial charge in [-0.15, -0.1) is 0 Å². The van der Waals surface area contributed by atoms with Crippen molar-refractivity contribution in [3.8, 4) is 0 Å². The van der Waals surface area contributed by atoms with Crippen molar-refractivity contribution in [3.63, 3.8) is 0 Å². The molecule has 0 radical (unpaired) electrons. The van der Waals surface area contributed by atoms with E-state index in [0.29, 0.717) is 6.42 Å². The number of hydrogen-bond acceptors (Lipinski definition) is 3. The summed E-state index contributed by atoms with van der Waals surface area (Å²) < 4.78 is 0. The third-order valence-corrected chi connectivity index (χ3v) is 4.30. The minimum Gasteiger partial charge on any atom is -0.353 e. The number of amides is 1. The Morgan fingerprint density at radius 2 is 1.82 bits per heavy atom. The molecule has 0 spiro atoms. The van der Waals surface area contributed by atoms with Gasteiger partial charge in [0.2, 0.25) is 5.91 Å². The van der Waals surface area contributed by atoms with Gasteiger partial charge in [-0.1, -0.05) is 19.3 Å². The molecule has 0 bridgehead atoms. The van der Waals surface area contributed by atoms with Gasteiger partial charge in [0.15, 0.2) is 0 Å². The number of carbonyl (C=O) groups excluding carboxylic acids is 1. The molecule has 1 aliphatic rings. The molecule has 0 aromatic carbocycles. The monoisotopic (exact) mass is 303 g/mol. The summed E-state index contributed by atoms with van der Waals surface area (Å²) in [5, 5.41) is 3.11. The first kappa shape index (κ1) is 16.9. The normalized spacial score (nSPS) is 18.2. The Morgan fingerprint density at radius 1 is 1.18 bits per heavy atom. The number of nitrogens with one attached hydrogen (secondary N) is 1. The second-order valence-corrected chi connectivity index (χ2v) is 6.39. The predicted molar refractivity (Wildman–Crippen MR) is 89.7 cm³/mol. The van der Waals surface area contributed by atoms with Crippen molar-refractivity contribution in [1.82, 2.24) is 15.2 Å². The van der Waals surface area contributed by atoms with Gasteiger partial charge >= 0.3 is 0 Å². The maximum Gasteiger partial charge on any atom is 0.221 e. The van der Waals surface area contributed by atoms with E-state index in [2.05, 4.69) is 22.1 Å². The molecule has 2 heterocycles. The first-order chi connectivity index (χ1) is 10.7. The zero-order chi connectivity index (χ0) is 15.6. The van der Waals surface area contributed by atoms with E-state index in [1.807, 2.05) is 12.1 Å². The van der Waals surface area contributed by atoms with Crippen LogP contribution < -0.4 is 5.32 Å². The van der Waals surface area contributed by atoms with Gasteiger partial charge in [-0.25, -0.2) is 0 Å². The van der Waals surface area contributed by atoms with Gasteiger partial charge in [-0.3, -0.25) is 9.78 Å². The third kappa shape index (κ3) is 6.56. The highest BCUT2D eigenvalue weighted by atomic mass is 16.1. The van der Waals surface area contributed by atoms with Gasteiger partial charge in [-0.05, 0) is 57.0 Å². The number of aromatic nitrogens is 1. The van der Waals surface area contributed by atoms with Gasteiger partial charge < -0.3 is 10.2 Å². The number of rotatable bonds is 6. The maximum atomic E-state index is 12.1. The van der Waals surface area contributed by atoms with Crippen molar-refractivity contribution in [2.24, 2.45) is 0 Å². The van der Waals surface area contributed by atoms with E-state index in [9.17, 15) is 4.79 Å². The largest absolute Gasteiger partial charge is 0.353 e. The van der Waals surface area contributed by atoms with Crippen LogP contribution in [0.5, 0.6) is 0 Å². The Balaban J connectivity index is 1.66. The van der Waals surface area contributed by atoms with E-state index in [1.165, 1.54) is 37.7 Å². The molecule has 1 atom stereocenters. The van der Waals surface area contributed by atoms with Gasteiger partial charge in [0.1, 0.15) is 0 Å². The lowest BCUT2D eigenvalue weighted by Gasteiger charge is -2.24. The van der Waals surface area contributed by atoms with Crippen LogP contribution in [0.15, 0.2) is 24.5 Å². The van der Waals surface area contributed by atoms with E-state index in [0.717, 1.165) is 26.1 Å². The fourth-order valence-corrected chi connectivity index (χ4v) is 3.07. The summed E-state index contributed by atoms with van der Waals surface area (Å²) in [4.78, 5) is 18.6. The molecule has 1 aromatic heterocycles. The maximum absolute atomic E-state index is 12.1. The van der Waals surface area contributed by atoms with Crippen LogP contribution in [0.4, 0.5) is 0 Å². The Bertz CT molecular complexity index is 427. The van der Waals surface area contributed by atoms with Gasteiger partial charge in [0, 0.05) is 31.4 Å². The van der Waals surface area contributed by atoms with Crippen LogP contribution in [-0.4, -0.2) is 41.5 Å². The van der Waals surface area contributed by atoms with Crippen molar-refractivity contribution in [2.45, 2.75) is 57.9 Å². The quantitative estimate of drug-likeness (QED) is 0.879. The minimum absolute atomic E-state index is 0.169. The molecule has 0 unspecified atom stereocenters. The molecule has 1 N–H and O–H groups in total. The van der Waals surface area contributed by atoms with Crippen molar-refractivity contribution < 1.29 is 4.79 Å². The number of carbonyl (C=O) groups is 1. The molecule has 22 heavy (non-hydrogen) atoms. The number of nitrogens with zero attached hydrogens (tertiary/aromatic N) is 2. The fraction of sp³-hybridized carbons (Fsp3) is 0.667. The van der Waals surface area contributed by atoms with Crippen molar-refractivity contribution in [2.75, 3.05) is 19.6 Å². The Kier molecular flexibility index (Phi) is 7.37. The van der Waals surface area contributed by atoms with E-state index < -0.39 is 0 Å². The van der Waals surface area contributed by atoms with E-state index in [1.54, 1.807) is 12.4 Å². The SMILES string of the molecule is C[C@H](Cc1ccncc1)NC(=O)CCN1CCCCCCC1. The lowest BCUT2D eigenvalue weighted by molar-refractivity contribution is -0.122. The lowest BCUT2D eigenvalue weighted by atomic mass is 10.1. The molecule has 2 rings (SSSR count). The molecule has 0 aliphatic carbocycles. The van der Waals surface area contributed by atoms with Crippen LogP contribution in [0.3, 0.4) is 0 Å². The van der Waals surface area contributed by atoms with Crippen LogP contribution in [0.2, 0.25) is 0 Å². The summed E-state index contributed by atoms with van der Waals surface area (Å²) in [6, 6.07) is 4.17. The molecule has 0 saturated carbocycles. The molecule has 1 aromatic rings. The predicted octanol–water partition coefficient (Wildman–Crippen LogP) is 2.79. The second-order valence-electron chi connectivity index (χ2n) is 6.39. The van der Waals surface area contributed by atoms with Crippen LogP contribution >= 0.6 is 0 Å². The lowest BCUT2D eigenvalue weighted by Crippen LogP contribution is -2.37. The van der Waals surface area contributed by atoms with E-state index in [4.69, 9.17) is 0 Å². The van der Waals surface area contributed by atoms with Gasteiger partial charge in [0.05, 0.1) is 0 Å². The average molecular weight is 303 g/mol. The smallest absolute Gasteiger partial charge is 0.221 e. The summed E-state index contributed by atoms with van der Waals surface area (Å²) in [6.07, 6.45) is 11.7. The summed E-state index contributed by atoms with van der Waals surface area (Å²) >= 11 is 0. The molecule has 4 nitrogen and oxygen atoms in total. The second kappa shape index (κ2) is 9.57. The summed E-state index contributed by atoms with van der Waals surface area (Å²) in [6.45, 7) is 5.27. The van der Waals surface area contributed by atoms with Crippen molar-refractivity contribution in [3.05, 3.63) is 30.1 Å². The highest BCUT2D eigenvalue weighted by Gasteiger charge is 2.12. The van der Waals surface area contributed by atoms with Crippen LogP contribution in [0.25, 0.3) is 0 Å². The van der Waals surface area contributed by atoms with Crippen molar-refractivity contribution in [1.29, 1.82) is 0 Å². The summed E-state index contributed by atoms with van der Waals surface area (Å²) in [5.41, 5.74) is 1.21. The number of likely N-dealkylation sites (tertiary alicyclic amines) is 1. The minimum atomic E-state index is 0.169. The van der Waals surface area contributed by atoms with Crippen LogP contribution in [0, 0.1) is 0 Å². The van der Waals surface area contributed by atoms with Crippen LogP contribution in [-0.2, 0) is 11.2 Å². The first-order valence-electron chi connectivity index (χ1n) is 8.64. The van der Waals surface area contributed by atoms with E-state index in [-0.39, 0.29) is 11.9 Å². The first-order valence-corrected chi connectivity index (χ1v) is 8.64. The number of pyridine rings is 1. The average Bonchev–Trinajstić information content (AvgIpc) is 2.47. The molecule has 122 valence electrons. The zero-order valence-corrected chi connectivity index (χ0v) is 13.8. The number of hydrogen-bond donors (Lipinski definition) is 1. The molecule has 4 heteroatoms. The summed E-state index contributed by atoms with van der Waals surface area (Å²) in [5.74, 6) is 0.170. The third-order valence-electron chi connectivity index (χ3n) is 4.30. The van der Waals surface area contributed by atoms with Crippen LogP contribution in [0.1, 0.15) is 51.0 Å². The standard InChI is InChI=1S/C18H29N3O/c1-16(15-17-7-10-19-11-8-17)20-18(22)9-14-21-12-5-3-2-4-6-13-21/h7-8,10-11,16H,2-6,9,12-15H2,1H3,(H,20,22)/t16-/m1/s1. The molecule has 1 saturated heterocycles. The Hall–Kier alpha value is -1.42. The summed E-state index contributed by atoms with van der Waals surface area (Å²) in [7, 11) is 0. The van der Waals surface area contributed by atoms with E-state index >= 15 is 0 Å². The molecular formula is C18H29N3O. The fourth-order valence-electron chi connectivity index (χ4n) is 3.07. The van der Waals surface area contributed by atoms with Gasteiger partial charge in [-0.2, -0.15) is 0 Å². The Morgan fingerprint density at radius 3 is 2.50 bits per heavy atom. The molecule has 1 amide bonds. The topological polar surface area (TPSA) is 45.2 Å². The highest BCUT2D eigenvalue weighted by Crippen LogP contribution is 2.10. The molecule has 1 aliphatic heterocycles. The Labute approximate surface area is 134 Å². The highest BCUT2D eigenvalue weighted by molar-refractivity contribution is 5.76. The van der Waals surface area contributed by atoms with Gasteiger partial charge in [0.25, 0.3) is 0 Å².